The first-order chi connectivity index (χ1) is 25.0. The molecule has 2 amide bonds. The number of aromatic nitrogens is 5. The van der Waals surface area contributed by atoms with Gasteiger partial charge in [0, 0.05) is 30.9 Å². The number of likely N-dealkylation sites (tertiary alicyclic amines) is 1. The van der Waals surface area contributed by atoms with E-state index in [0.717, 1.165) is 60.7 Å². The Morgan fingerprint density at radius 3 is 2.08 bits per heavy atom. The lowest BCUT2D eigenvalue weighted by Gasteiger charge is -2.36. The Morgan fingerprint density at radius 2 is 1.45 bits per heavy atom. The van der Waals surface area contributed by atoms with Crippen LogP contribution in [0.4, 0.5) is 15.0 Å². The van der Waals surface area contributed by atoms with E-state index in [1.807, 2.05) is 76.3 Å². The van der Waals surface area contributed by atoms with E-state index >= 15 is 4.39 Å². The van der Waals surface area contributed by atoms with Crippen molar-refractivity contribution in [1.82, 2.24) is 34.9 Å². The first-order valence-corrected chi connectivity index (χ1v) is 17.9. The second-order valence-corrected chi connectivity index (χ2v) is 13.7. The monoisotopic (exact) mass is 680 g/mol. The van der Waals surface area contributed by atoms with E-state index in [1.165, 1.54) is 6.20 Å². The number of nitrogens with one attached hydrogen (secondary N) is 2. The van der Waals surface area contributed by atoms with Crippen LogP contribution < -0.4 is 10.6 Å². The largest absolute Gasteiger partial charge is 0.365 e. The summed E-state index contributed by atoms with van der Waals surface area (Å²) >= 11 is 0. The van der Waals surface area contributed by atoms with Crippen molar-refractivity contribution in [2.45, 2.75) is 69.1 Å². The summed E-state index contributed by atoms with van der Waals surface area (Å²) < 4.78 is 17.4. The van der Waals surface area contributed by atoms with E-state index < -0.39 is 11.4 Å². The van der Waals surface area contributed by atoms with E-state index in [-0.39, 0.29) is 30.0 Å². The van der Waals surface area contributed by atoms with Gasteiger partial charge in [0.25, 0.3) is 0 Å². The number of halogens is 1. The number of amides is 2. The van der Waals surface area contributed by atoms with Crippen LogP contribution in [-0.4, -0.2) is 60.3 Å². The molecule has 8 rings (SSSR count). The summed E-state index contributed by atoms with van der Waals surface area (Å²) in [5, 5.41) is 12.6. The van der Waals surface area contributed by atoms with Gasteiger partial charge in [0.1, 0.15) is 11.2 Å². The number of carbonyl (C=O) groups excluding carboxylic acids is 1. The molecule has 10 heteroatoms. The number of hydrogen-bond acceptors (Lipinski definition) is 6. The number of hydrogen-bond donors (Lipinski definition) is 2. The Labute approximate surface area is 297 Å². The summed E-state index contributed by atoms with van der Waals surface area (Å²) in [6, 6.07) is 34.9. The fourth-order valence-electron chi connectivity index (χ4n) is 7.98. The molecule has 2 N–H and O–H groups in total. The summed E-state index contributed by atoms with van der Waals surface area (Å²) in [5.74, 6) is -0.121. The minimum Gasteiger partial charge on any atom is -0.365 e. The minimum absolute atomic E-state index is 0.00480. The highest BCUT2D eigenvalue weighted by Gasteiger charge is 2.41. The lowest BCUT2D eigenvalue weighted by atomic mass is 9.77. The Morgan fingerprint density at radius 1 is 0.804 bits per heavy atom. The fourth-order valence-corrected chi connectivity index (χ4v) is 7.98. The van der Waals surface area contributed by atoms with Crippen molar-refractivity contribution in [3.63, 3.8) is 0 Å². The van der Waals surface area contributed by atoms with Crippen LogP contribution in [0.15, 0.2) is 116 Å². The predicted octanol–water partition coefficient (Wildman–Crippen LogP) is 7.78. The predicted molar refractivity (Wildman–Crippen MR) is 197 cm³/mol. The topological polar surface area (TPSA) is 101 Å². The third-order valence-corrected chi connectivity index (χ3v) is 10.4. The number of urea groups is 1. The highest BCUT2D eigenvalue weighted by Crippen LogP contribution is 2.43. The third-order valence-electron chi connectivity index (χ3n) is 10.4. The van der Waals surface area contributed by atoms with E-state index in [2.05, 4.69) is 58.9 Å². The van der Waals surface area contributed by atoms with Gasteiger partial charge in [-0.15, -0.1) is 0 Å². The van der Waals surface area contributed by atoms with E-state index in [1.54, 1.807) is 6.20 Å². The van der Waals surface area contributed by atoms with Gasteiger partial charge in [-0.3, -0.25) is 0 Å². The quantitative estimate of drug-likeness (QED) is 0.159. The molecule has 4 heterocycles. The molecule has 0 bridgehead atoms. The van der Waals surface area contributed by atoms with Crippen LogP contribution >= 0.6 is 0 Å². The molecule has 0 spiro atoms. The molecule has 9 nitrogen and oxygen atoms in total. The zero-order valence-corrected chi connectivity index (χ0v) is 28.6. The number of pyridine rings is 1. The molecule has 3 atom stereocenters. The van der Waals surface area contributed by atoms with Gasteiger partial charge in [0.15, 0.2) is 23.1 Å². The fraction of sp³-hybridized carbons (Fsp3) is 0.293. The van der Waals surface area contributed by atoms with Crippen molar-refractivity contribution in [2.24, 2.45) is 0 Å². The summed E-state index contributed by atoms with van der Waals surface area (Å²) in [4.78, 5) is 29.0. The van der Waals surface area contributed by atoms with Gasteiger partial charge in [-0.25, -0.2) is 28.8 Å². The Bertz CT molecular complexity index is 2030. The second-order valence-electron chi connectivity index (χ2n) is 13.7. The van der Waals surface area contributed by atoms with Gasteiger partial charge in [-0.05, 0) is 74.3 Å². The normalized spacial score (nSPS) is 19.3. The molecular formula is C41H41FN8O. The molecular weight excluding hydrogens is 640 g/mol. The standard InChI is InChI=1S/C41H41FN8O/c1-28-14-13-25-49(28)40(51)46-33-22-11-21-32(26-33)45-37-35(42)27-44-38(47-37)36-34-23-12-24-43-39(34)50(48-36)41(29-15-5-2-6-16-29,30-17-7-3-8-18-30)31-19-9-4-10-20-31/h2-10,12,15-20,23-24,27-28,32-33H,11,13-14,21-22,25-26H2,1H3,(H,46,51)(H,44,45,47)/t28-,32?,33-/m1/s1. The van der Waals surface area contributed by atoms with Gasteiger partial charge in [0.05, 0.1) is 11.6 Å². The van der Waals surface area contributed by atoms with Gasteiger partial charge in [-0.1, -0.05) is 91.0 Å². The van der Waals surface area contributed by atoms with Crippen LogP contribution in [-0.2, 0) is 5.54 Å². The van der Waals surface area contributed by atoms with Gasteiger partial charge in [0.2, 0.25) is 0 Å². The van der Waals surface area contributed by atoms with Crippen molar-refractivity contribution in [2.75, 3.05) is 11.9 Å². The highest BCUT2D eigenvalue weighted by molar-refractivity contribution is 5.90. The Hall–Kier alpha value is -5.64. The van der Waals surface area contributed by atoms with Crippen molar-refractivity contribution in [1.29, 1.82) is 0 Å². The Balaban J connectivity index is 1.19. The molecule has 0 radical (unpaired) electrons. The first kappa shape index (κ1) is 32.6. The number of benzene rings is 3. The molecule has 1 saturated carbocycles. The van der Waals surface area contributed by atoms with E-state index in [9.17, 15) is 4.79 Å². The third kappa shape index (κ3) is 6.09. The SMILES string of the molecule is C[C@@H]1CCCN1C(=O)N[C@@H]1CCCC(Nc2nc(-c3nn(C(c4ccccc4)(c4ccccc4)c4ccccc4)c4ncccc34)ncc2F)C1. The summed E-state index contributed by atoms with van der Waals surface area (Å²) in [6.07, 6.45) is 8.38. The number of nitrogens with zero attached hydrogens (tertiary/aromatic N) is 6. The molecule has 51 heavy (non-hydrogen) atoms. The average molecular weight is 681 g/mol. The van der Waals surface area contributed by atoms with Crippen molar-refractivity contribution in [3.8, 4) is 11.5 Å². The molecule has 1 saturated heterocycles. The lowest BCUT2D eigenvalue weighted by molar-refractivity contribution is 0.187. The van der Waals surface area contributed by atoms with Crippen LogP contribution in [0.1, 0.15) is 62.1 Å². The summed E-state index contributed by atoms with van der Waals surface area (Å²) in [5.41, 5.74) is 3.24. The first-order valence-electron chi connectivity index (χ1n) is 17.9. The van der Waals surface area contributed by atoms with Crippen molar-refractivity contribution in [3.05, 3.63) is 138 Å². The van der Waals surface area contributed by atoms with Crippen LogP contribution in [0.5, 0.6) is 0 Å². The molecule has 2 aliphatic rings. The number of rotatable bonds is 8. The minimum atomic E-state index is -0.913. The molecule has 6 aromatic rings. The number of anilines is 1. The maximum Gasteiger partial charge on any atom is 0.317 e. The average Bonchev–Trinajstić information content (AvgIpc) is 3.79. The Kier molecular flexibility index (Phi) is 8.90. The van der Waals surface area contributed by atoms with Gasteiger partial charge < -0.3 is 15.5 Å². The van der Waals surface area contributed by atoms with E-state index in [4.69, 9.17) is 15.1 Å². The van der Waals surface area contributed by atoms with Crippen LogP contribution in [0.3, 0.4) is 0 Å². The molecule has 258 valence electrons. The molecule has 3 aromatic heterocycles. The zero-order chi connectivity index (χ0) is 34.8. The van der Waals surface area contributed by atoms with Crippen molar-refractivity contribution < 1.29 is 9.18 Å². The smallest absolute Gasteiger partial charge is 0.317 e. The van der Waals surface area contributed by atoms with E-state index in [0.29, 0.717) is 23.6 Å². The highest BCUT2D eigenvalue weighted by atomic mass is 19.1. The molecule has 2 fully saturated rings. The number of carbonyl (C=O) groups is 1. The molecule has 1 aliphatic heterocycles. The van der Waals surface area contributed by atoms with Gasteiger partial charge in [-0.2, -0.15) is 5.10 Å². The summed E-state index contributed by atoms with van der Waals surface area (Å²) in [7, 11) is 0. The molecule has 3 aromatic carbocycles. The zero-order valence-electron chi connectivity index (χ0n) is 28.6. The lowest BCUT2D eigenvalue weighted by Crippen LogP contribution is -2.48. The van der Waals surface area contributed by atoms with Crippen LogP contribution in [0, 0.1) is 5.82 Å². The maximum absolute atomic E-state index is 15.5. The molecule has 1 aliphatic carbocycles. The van der Waals surface area contributed by atoms with Gasteiger partial charge >= 0.3 is 6.03 Å². The second kappa shape index (κ2) is 13.9. The van der Waals surface area contributed by atoms with Crippen molar-refractivity contribution >= 4 is 22.9 Å². The number of fused-ring (bicyclic) bond motifs is 1. The summed E-state index contributed by atoms with van der Waals surface area (Å²) in [6.45, 7) is 2.89. The molecule has 1 unspecified atom stereocenters. The van der Waals surface area contributed by atoms with Crippen LogP contribution in [0.25, 0.3) is 22.6 Å². The van der Waals surface area contributed by atoms with Crippen LogP contribution in [0.2, 0.25) is 0 Å². The maximum atomic E-state index is 15.5.